The molecule has 2 aromatic carbocycles. The fourth-order valence-electron chi connectivity index (χ4n) is 3.67. The Morgan fingerprint density at radius 2 is 1.63 bits per heavy atom. The van der Waals surface area contributed by atoms with E-state index in [9.17, 15) is 0 Å². The Labute approximate surface area is 198 Å². The Bertz CT molecular complexity index is 773. The molecule has 0 radical (unpaired) electrons. The molecule has 3 rings (SSSR count). The van der Waals surface area contributed by atoms with Crippen LogP contribution in [0.2, 0.25) is 0 Å². The van der Waals surface area contributed by atoms with E-state index in [0.717, 1.165) is 25.6 Å². The van der Waals surface area contributed by atoms with Gasteiger partial charge in [-0.15, -0.1) is 24.0 Å². The van der Waals surface area contributed by atoms with Crippen molar-refractivity contribution in [1.82, 2.24) is 15.5 Å². The van der Waals surface area contributed by atoms with Crippen LogP contribution in [0.1, 0.15) is 42.0 Å². The van der Waals surface area contributed by atoms with E-state index >= 15 is 0 Å². The quantitative estimate of drug-likeness (QED) is 0.293. The largest absolute Gasteiger partial charge is 0.380 e. The summed E-state index contributed by atoms with van der Waals surface area (Å²) in [6.07, 6.45) is 2.67. The molecule has 1 aliphatic heterocycles. The van der Waals surface area contributed by atoms with Crippen molar-refractivity contribution in [2.24, 2.45) is 4.99 Å². The van der Waals surface area contributed by atoms with E-state index in [0.29, 0.717) is 13.2 Å². The Morgan fingerprint density at radius 1 is 0.967 bits per heavy atom. The number of hydrogen-bond donors (Lipinski definition) is 2. The summed E-state index contributed by atoms with van der Waals surface area (Å²) >= 11 is 0. The SMILES string of the molecule is CCNC(=NCc1ccc(CN2CCCC2)cc1)NCc1ccccc1COC.I. The van der Waals surface area contributed by atoms with Crippen LogP contribution < -0.4 is 10.6 Å². The van der Waals surface area contributed by atoms with Crippen LogP contribution in [0.25, 0.3) is 0 Å². The average molecular weight is 522 g/mol. The van der Waals surface area contributed by atoms with Crippen molar-refractivity contribution < 1.29 is 4.74 Å². The molecule has 0 unspecified atom stereocenters. The summed E-state index contributed by atoms with van der Waals surface area (Å²) < 4.78 is 5.30. The lowest BCUT2D eigenvalue weighted by molar-refractivity contribution is 0.184. The molecule has 30 heavy (non-hydrogen) atoms. The molecule has 0 aromatic heterocycles. The molecule has 0 spiro atoms. The molecule has 0 bridgehead atoms. The Kier molecular flexibility index (Phi) is 11.2. The molecule has 2 N–H and O–H groups in total. The van der Waals surface area contributed by atoms with Crippen LogP contribution in [0.3, 0.4) is 0 Å². The number of ether oxygens (including phenoxy) is 1. The van der Waals surface area contributed by atoms with Crippen LogP contribution in [-0.2, 0) is 31.0 Å². The van der Waals surface area contributed by atoms with Gasteiger partial charge in [-0.2, -0.15) is 0 Å². The smallest absolute Gasteiger partial charge is 0.191 e. The summed E-state index contributed by atoms with van der Waals surface area (Å²) in [6, 6.07) is 17.2. The van der Waals surface area contributed by atoms with Gasteiger partial charge >= 0.3 is 0 Å². The number of guanidine groups is 1. The molecular weight excluding hydrogens is 487 g/mol. The first-order chi connectivity index (χ1) is 14.3. The van der Waals surface area contributed by atoms with Crippen molar-refractivity contribution in [1.29, 1.82) is 0 Å². The second-order valence-corrected chi connectivity index (χ2v) is 7.55. The van der Waals surface area contributed by atoms with E-state index in [-0.39, 0.29) is 24.0 Å². The molecule has 1 fully saturated rings. The van der Waals surface area contributed by atoms with Crippen LogP contribution in [0.4, 0.5) is 0 Å². The third-order valence-corrected chi connectivity index (χ3v) is 5.26. The van der Waals surface area contributed by atoms with Crippen LogP contribution in [0.5, 0.6) is 0 Å². The molecule has 164 valence electrons. The molecule has 0 atom stereocenters. The molecule has 6 heteroatoms. The number of nitrogens with zero attached hydrogens (tertiary/aromatic N) is 2. The van der Waals surface area contributed by atoms with Gasteiger partial charge in [0.25, 0.3) is 0 Å². The zero-order valence-corrected chi connectivity index (χ0v) is 20.5. The van der Waals surface area contributed by atoms with E-state index in [1.807, 2.05) is 6.07 Å². The van der Waals surface area contributed by atoms with Gasteiger partial charge in [0.1, 0.15) is 0 Å². The van der Waals surface area contributed by atoms with E-state index in [1.165, 1.54) is 48.2 Å². The second kappa shape index (κ2) is 13.6. The van der Waals surface area contributed by atoms with Gasteiger partial charge in [0, 0.05) is 26.7 Å². The Morgan fingerprint density at radius 3 is 2.30 bits per heavy atom. The highest BCUT2D eigenvalue weighted by Gasteiger charge is 2.11. The van der Waals surface area contributed by atoms with E-state index in [4.69, 9.17) is 9.73 Å². The number of nitrogens with one attached hydrogen (secondary N) is 2. The summed E-state index contributed by atoms with van der Waals surface area (Å²) in [4.78, 5) is 7.29. The predicted molar refractivity (Wildman–Crippen MR) is 135 cm³/mol. The topological polar surface area (TPSA) is 48.9 Å². The summed E-state index contributed by atoms with van der Waals surface area (Å²) in [6.45, 7) is 8.46. The average Bonchev–Trinajstić information content (AvgIpc) is 3.25. The number of aliphatic imine (C=N–C) groups is 1. The number of likely N-dealkylation sites (tertiary alicyclic amines) is 1. The lowest BCUT2D eigenvalue weighted by atomic mass is 10.1. The Balaban J connectivity index is 0.00000320. The molecule has 2 aromatic rings. The lowest BCUT2D eigenvalue weighted by Crippen LogP contribution is -2.37. The van der Waals surface area contributed by atoms with Crippen LogP contribution in [-0.4, -0.2) is 37.6 Å². The highest BCUT2D eigenvalue weighted by Crippen LogP contribution is 2.14. The van der Waals surface area contributed by atoms with Gasteiger partial charge in [-0.25, -0.2) is 4.99 Å². The van der Waals surface area contributed by atoms with Crippen molar-refractivity contribution >= 4 is 29.9 Å². The molecule has 1 aliphatic rings. The van der Waals surface area contributed by atoms with Gasteiger partial charge in [0.15, 0.2) is 5.96 Å². The summed E-state index contributed by atoms with van der Waals surface area (Å²) in [5.74, 6) is 0.834. The minimum absolute atomic E-state index is 0. The number of methoxy groups -OCH3 is 1. The highest BCUT2D eigenvalue weighted by molar-refractivity contribution is 14.0. The molecule has 0 amide bonds. The zero-order valence-electron chi connectivity index (χ0n) is 18.2. The maximum atomic E-state index is 5.30. The normalized spacial score (nSPS) is 14.4. The maximum absolute atomic E-state index is 5.30. The highest BCUT2D eigenvalue weighted by atomic mass is 127. The zero-order chi connectivity index (χ0) is 20.3. The predicted octanol–water partition coefficient (Wildman–Crippen LogP) is 4.30. The van der Waals surface area contributed by atoms with Gasteiger partial charge in [-0.3, -0.25) is 4.90 Å². The summed E-state index contributed by atoms with van der Waals surface area (Å²) in [5.41, 5.74) is 5.05. The minimum Gasteiger partial charge on any atom is -0.380 e. The number of rotatable bonds is 9. The first kappa shape index (κ1) is 24.6. The summed E-state index contributed by atoms with van der Waals surface area (Å²) in [5, 5.41) is 6.78. The van der Waals surface area contributed by atoms with Gasteiger partial charge in [-0.1, -0.05) is 48.5 Å². The minimum atomic E-state index is 0. The first-order valence-corrected chi connectivity index (χ1v) is 10.7. The van der Waals surface area contributed by atoms with Crippen molar-refractivity contribution in [2.45, 2.75) is 46.0 Å². The third-order valence-electron chi connectivity index (χ3n) is 5.26. The van der Waals surface area contributed by atoms with Crippen molar-refractivity contribution in [2.75, 3.05) is 26.7 Å². The van der Waals surface area contributed by atoms with Gasteiger partial charge < -0.3 is 15.4 Å². The van der Waals surface area contributed by atoms with Crippen LogP contribution >= 0.6 is 24.0 Å². The maximum Gasteiger partial charge on any atom is 0.191 e. The molecule has 0 saturated carbocycles. The fourth-order valence-corrected chi connectivity index (χ4v) is 3.67. The van der Waals surface area contributed by atoms with E-state index in [2.05, 4.69) is 64.9 Å². The number of benzene rings is 2. The molecular formula is C24H35IN4O. The van der Waals surface area contributed by atoms with Gasteiger partial charge in [0.05, 0.1) is 13.2 Å². The number of hydrogen-bond acceptors (Lipinski definition) is 3. The van der Waals surface area contributed by atoms with Crippen LogP contribution in [0.15, 0.2) is 53.5 Å². The number of halogens is 1. The monoisotopic (exact) mass is 522 g/mol. The Hall–Kier alpha value is -1.64. The van der Waals surface area contributed by atoms with E-state index < -0.39 is 0 Å². The second-order valence-electron chi connectivity index (χ2n) is 7.55. The molecule has 1 heterocycles. The van der Waals surface area contributed by atoms with Crippen molar-refractivity contribution in [3.05, 3.63) is 70.8 Å². The molecule has 5 nitrogen and oxygen atoms in total. The van der Waals surface area contributed by atoms with Crippen LogP contribution in [0, 0.1) is 0 Å². The van der Waals surface area contributed by atoms with Gasteiger partial charge in [0.2, 0.25) is 0 Å². The first-order valence-electron chi connectivity index (χ1n) is 10.7. The van der Waals surface area contributed by atoms with Gasteiger partial charge in [-0.05, 0) is 55.1 Å². The fraction of sp³-hybridized carbons (Fsp3) is 0.458. The third kappa shape index (κ3) is 7.89. The van der Waals surface area contributed by atoms with Crippen molar-refractivity contribution in [3.63, 3.8) is 0 Å². The molecule has 1 saturated heterocycles. The lowest BCUT2D eigenvalue weighted by Gasteiger charge is -2.15. The van der Waals surface area contributed by atoms with Crippen molar-refractivity contribution in [3.8, 4) is 0 Å². The van der Waals surface area contributed by atoms with E-state index in [1.54, 1.807) is 7.11 Å². The standard InChI is InChI=1S/C24H34N4O.HI/c1-3-25-24(27-17-22-8-4-5-9-23(22)19-29-2)26-16-20-10-12-21(13-11-20)18-28-14-6-7-15-28;/h4-5,8-13H,3,6-7,14-19H2,1-2H3,(H2,25,26,27);1H. The molecule has 0 aliphatic carbocycles. The summed E-state index contributed by atoms with van der Waals surface area (Å²) in [7, 11) is 1.73.